The van der Waals surface area contributed by atoms with Gasteiger partial charge in [0.25, 0.3) is 0 Å². The molecule has 1 atom stereocenters. The first-order valence-electron chi connectivity index (χ1n) is 3.92. The Balaban J connectivity index is 3.10. The molecule has 1 aromatic carbocycles. The summed E-state index contributed by atoms with van der Waals surface area (Å²) in [5, 5.41) is 11.5. The number of nitrogens with one attached hydrogen (secondary N) is 1. The molecule has 4 heteroatoms. The van der Waals surface area contributed by atoms with Gasteiger partial charge < -0.3 is 10.4 Å². The zero-order valence-electron chi connectivity index (χ0n) is 7.22. The number of benzene rings is 1. The van der Waals surface area contributed by atoms with E-state index in [2.05, 4.69) is 5.32 Å². The lowest BCUT2D eigenvalue weighted by Gasteiger charge is -2.14. The summed E-state index contributed by atoms with van der Waals surface area (Å²) in [5.41, 5.74) is -0.118. The third-order valence-corrected chi connectivity index (χ3v) is 1.88. The van der Waals surface area contributed by atoms with Crippen molar-refractivity contribution in [3.8, 4) is 0 Å². The van der Waals surface area contributed by atoms with E-state index in [1.54, 1.807) is 0 Å². The number of likely N-dealkylation sites (N-methyl/N-ethyl adjacent to an activating group) is 1. The molecule has 0 unspecified atom stereocenters. The first-order valence-corrected chi connectivity index (χ1v) is 3.92. The van der Waals surface area contributed by atoms with E-state index in [0.717, 1.165) is 0 Å². The van der Waals surface area contributed by atoms with Crippen LogP contribution in [-0.2, 0) is 0 Å². The molecular formula is C9H11F2NO. The third kappa shape index (κ3) is 2.02. The monoisotopic (exact) mass is 187 g/mol. The van der Waals surface area contributed by atoms with Crippen molar-refractivity contribution in [2.45, 2.75) is 6.04 Å². The van der Waals surface area contributed by atoms with Crippen molar-refractivity contribution in [2.75, 3.05) is 13.7 Å². The first kappa shape index (κ1) is 10.1. The molecule has 0 aliphatic rings. The molecule has 0 aliphatic heterocycles. The van der Waals surface area contributed by atoms with Crippen molar-refractivity contribution in [1.29, 1.82) is 0 Å². The van der Waals surface area contributed by atoms with E-state index in [4.69, 9.17) is 5.11 Å². The van der Waals surface area contributed by atoms with Crippen molar-refractivity contribution in [1.82, 2.24) is 5.32 Å². The molecular weight excluding hydrogens is 176 g/mol. The lowest BCUT2D eigenvalue weighted by atomic mass is 10.1. The average molecular weight is 187 g/mol. The van der Waals surface area contributed by atoms with Gasteiger partial charge in [0.2, 0.25) is 0 Å². The van der Waals surface area contributed by atoms with E-state index in [1.807, 2.05) is 0 Å². The molecule has 1 aromatic rings. The molecule has 0 spiro atoms. The van der Waals surface area contributed by atoms with E-state index in [0.29, 0.717) is 0 Å². The Morgan fingerprint density at radius 3 is 2.31 bits per heavy atom. The summed E-state index contributed by atoms with van der Waals surface area (Å²) in [6.45, 7) is -0.339. The molecule has 0 radical (unpaired) electrons. The van der Waals surface area contributed by atoms with Gasteiger partial charge in [-0.25, -0.2) is 8.78 Å². The second kappa shape index (κ2) is 4.30. The number of hydrogen-bond acceptors (Lipinski definition) is 2. The predicted octanol–water partition coefficient (Wildman–Crippen LogP) is 1.22. The minimum absolute atomic E-state index is 0.118. The summed E-state index contributed by atoms with van der Waals surface area (Å²) in [4.78, 5) is 0. The molecule has 2 nitrogen and oxygen atoms in total. The number of aliphatic hydroxyl groups excluding tert-OH is 1. The van der Waals surface area contributed by atoms with Gasteiger partial charge in [-0.2, -0.15) is 0 Å². The van der Waals surface area contributed by atoms with Gasteiger partial charge in [-0.1, -0.05) is 6.07 Å². The normalized spacial score (nSPS) is 12.9. The van der Waals surface area contributed by atoms with Gasteiger partial charge in [-0.3, -0.25) is 0 Å². The van der Waals surface area contributed by atoms with Crippen LogP contribution in [0.3, 0.4) is 0 Å². The van der Waals surface area contributed by atoms with Crippen LogP contribution < -0.4 is 5.32 Å². The fraction of sp³-hybridized carbons (Fsp3) is 0.333. The van der Waals surface area contributed by atoms with Crippen LogP contribution in [0.2, 0.25) is 0 Å². The van der Waals surface area contributed by atoms with Gasteiger partial charge in [-0.15, -0.1) is 0 Å². The van der Waals surface area contributed by atoms with Crippen molar-refractivity contribution in [3.05, 3.63) is 35.4 Å². The average Bonchev–Trinajstić information content (AvgIpc) is 2.11. The SMILES string of the molecule is CN[C@H](CO)c1c(F)cccc1F. The van der Waals surface area contributed by atoms with Crippen LogP contribution in [0.5, 0.6) is 0 Å². The Morgan fingerprint density at radius 2 is 1.92 bits per heavy atom. The van der Waals surface area contributed by atoms with E-state index in [1.165, 1.54) is 25.2 Å². The van der Waals surface area contributed by atoms with Crippen molar-refractivity contribution >= 4 is 0 Å². The zero-order valence-corrected chi connectivity index (χ0v) is 7.22. The van der Waals surface area contributed by atoms with Crippen molar-refractivity contribution < 1.29 is 13.9 Å². The highest BCUT2D eigenvalue weighted by molar-refractivity contribution is 5.23. The molecule has 0 aromatic heterocycles. The summed E-state index contributed by atoms with van der Waals surface area (Å²) in [6.07, 6.45) is 0. The molecule has 0 heterocycles. The van der Waals surface area contributed by atoms with E-state index < -0.39 is 17.7 Å². The molecule has 0 bridgehead atoms. The van der Waals surface area contributed by atoms with Crippen LogP contribution in [-0.4, -0.2) is 18.8 Å². The maximum absolute atomic E-state index is 13.1. The van der Waals surface area contributed by atoms with Crippen molar-refractivity contribution in [2.24, 2.45) is 0 Å². The Morgan fingerprint density at radius 1 is 1.38 bits per heavy atom. The summed E-state index contributed by atoms with van der Waals surface area (Å²) in [6, 6.07) is 2.93. The van der Waals surface area contributed by atoms with Gasteiger partial charge in [0.05, 0.1) is 12.6 Å². The summed E-state index contributed by atoms with van der Waals surface area (Å²) in [5.74, 6) is -1.29. The van der Waals surface area contributed by atoms with E-state index >= 15 is 0 Å². The number of hydrogen-bond donors (Lipinski definition) is 2. The van der Waals surface area contributed by atoms with Gasteiger partial charge in [0.1, 0.15) is 11.6 Å². The molecule has 2 N–H and O–H groups in total. The third-order valence-electron chi connectivity index (χ3n) is 1.88. The van der Waals surface area contributed by atoms with E-state index in [9.17, 15) is 8.78 Å². The Hall–Kier alpha value is -1.00. The molecule has 0 aliphatic carbocycles. The first-order chi connectivity index (χ1) is 6.20. The van der Waals surface area contributed by atoms with E-state index in [-0.39, 0.29) is 12.2 Å². The lowest BCUT2D eigenvalue weighted by molar-refractivity contribution is 0.244. The van der Waals surface area contributed by atoms with Crippen LogP contribution >= 0.6 is 0 Å². The number of halogens is 2. The van der Waals surface area contributed by atoms with Crippen LogP contribution in [0.4, 0.5) is 8.78 Å². The van der Waals surface area contributed by atoms with Crippen LogP contribution in [0, 0.1) is 11.6 Å². The zero-order chi connectivity index (χ0) is 9.84. The Bertz CT molecular complexity index is 267. The topological polar surface area (TPSA) is 32.3 Å². The maximum atomic E-state index is 13.1. The second-order valence-electron chi connectivity index (χ2n) is 2.66. The Labute approximate surface area is 75.2 Å². The minimum Gasteiger partial charge on any atom is -0.394 e. The fourth-order valence-corrected chi connectivity index (χ4v) is 1.17. The van der Waals surface area contributed by atoms with Gasteiger partial charge in [0.15, 0.2) is 0 Å². The number of rotatable bonds is 3. The molecule has 1 rings (SSSR count). The predicted molar refractivity (Wildman–Crippen MR) is 45.2 cm³/mol. The summed E-state index contributed by atoms with van der Waals surface area (Å²) < 4.78 is 26.2. The largest absolute Gasteiger partial charge is 0.394 e. The standard InChI is InChI=1S/C9H11F2NO/c1-12-8(5-13)9-6(10)3-2-4-7(9)11/h2-4,8,12-13H,5H2,1H3/t8-/m1/s1. The summed E-state index contributed by atoms with van der Waals surface area (Å²) in [7, 11) is 1.53. The highest BCUT2D eigenvalue weighted by Crippen LogP contribution is 2.19. The van der Waals surface area contributed by atoms with Crippen LogP contribution in [0.25, 0.3) is 0 Å². The molecule has 13 heavy (non-hydrogen) atoms. The maximum Gasteiger partial charge on any atom is 0.131 e. The molecule has 0 amide bonds. The van der Waals surface area contributed by atoms with Gasteiger partial charge in [-0.05, 0) is 19.2 Å². The quantitative estimate of drug-likeness (QED) is 0.745. The van der Waals surface area contributed by atoms with Crippen LogP contribution in [0.15, 0.2) is 18.2 Å². The van der Waals surface area contributed by atoms with Gasteiger partial charge in [0, 0.05) is 5.56 Å². The highest BCUT2D eigenvalue weighted by atomic mass is 19.1. The fourth-order valence-electron chi connectivity index (χ4n) is 1.17. The molecule has 0 saturated carbocycles. The highest BCUT2D eigenvalue weighted by Gasteiger charge is 2.16. The number of aliphatic hydroxyl groups is 1. The van der Waals surface area contributed by atoms with Crippen molar-refractivity contribution in [3.63, 3.8) is 0 Å². The smallest absolute Gasteiger partial charge is 0.131 e. The molecule has 72 valence electrons. The lowest BCUT2D eigenvalue weighted by Crippen LogP contribution is -2.22. The second-order valence-corrected chi connectivity index (χ2v) is 2.66. The summed E-state index contributed by atoms with van der Waals surface area (Å²) >= 11 is 0. The molecule has 0 saturated heterocycles. The molecule has 0 fully saturated rings. The minimum atomic E-state index is -0.693. The van der Waals surface area contributed by atoms with Gasteiger partial charge >= 0.3 is 0 Å². The Kier molecular flexibility index (Phi) is 3.33. The van der Waals surface area contributed by atoms with Crippen LogP contribution in [0.1, 0.15) is 11.6 Å².